The number of amides is 1. The summed E-state index contributed by atoms with van der Waals surface area (Å²) in [6.07, 6.45) is -6.08. The van der Waals surface area contributed by atoms with Crippen LogP contribution in [0.1, 0.15) is 23.1 Å². The SMILES string of the molecule is Cc1ccc(OC[C@H]2O[C@@H](C#Cc3cc(Cl)ccc3NC(=O)C(F)(F)F)C[C@@H]2Oc2ccc(C)cc2)cc1. The van der Waals surface area contributed by atoms with Crippen LogP contribution in [0.15, 0.2) is 66.7 Å². The van der Waals surface area contributed by atoms with Crippen molar-refractivity contribution in [3.63, 3.8) is 0 Å². The van der Waals surface area contributed by atoms with E-state index in [0.29, 0.717) is 17.9 Å². The zero-order valence-corrected chi connectivity index (χ0v) is 21.4. The number of ether oxygens (including phenoxy) is 3. The number of anilines is 1. The van der Waals surface area contributed by atoms with Crippen LogP contribution in [-0.2, 0) is 9.53 Å². The first-order chi connectivity index (χ1) is 18.1. The van der Waals surface area contributed by atoms with E-state index < -0.39 is 24.3 Å². The van der Waals surface area contributed by atoms with Crippen LogP contribution >= 0.6 is 11.6 Å². The zero-order valence-electron chi connectivity index (χ0n) is 20.6. The smallest absolute Gasteiger partial charge is 0.471 e. The fourth-order valence-corrected chi connectivity index (χ4v) is 3.94. The lowest BCUT2D eigenvalue weighted by Gasteiger charge is -2.20. The van der Waals surface area contributed by atoms with Crippen molar-refractivity contribution < 1.29 is 32.2 Å². The maximum absolute atomic E-state index is 12.8. The molecule has 1 heterocycles. The van der Waals surface area contributed by atoms with Gasteiger partial charge in [0.2, 0.25) is 0 Å². The summed E-state index contributed by atoms with van der Waals surface area (Å²) in [5.41, 5.74) is 2.23. The maximum atomic E-state index is 12.8. The van der Waals surface area contributed by atoms with E-state index in [1.807, 2.05) is 67.7 Å². The lowest BCUT2D eigenvalue weighted by atomic mass is 10.1. The molecule has 1 fully saturated rings. The van der Waals surface area contributed by atoms with Crippen LogP contribution in [0.5, 0.6) is 11.5 Å². The van der Waals surface area contributed by atoms with E-state index in [-0.39, 0.29) is 29.0 Å². The Morgan fingerprint density at radius 3 is 2.29 bits per heavy atom. The molecular formula is C29H25ClF3NO4. The lowest BCUT2D eigenvalue weighted by molar-refractivity contribution is -0.167. The summed E-state index contributed by atoms with van der Waals surface area (Å²) in [5.74, 6) is 5.01. The second-order valence-corrected chi connectivity index (χ2v) is 9.34. The zero-order chi connectivity index (χ0) is 27.3. The largest absolute Gasteiger partial charge is 0.491 e. The topological polar surface area (TPSA) is 56.8 Å². The highest BCUT2D eigenvalue weighted by Gasteiger charge is 2.39. The predicted molar refractivity (Wildman–Crippen MR) is 139 cm³/mol. The molecular weight excluding hydrogens is 519 g/mol. The van der Waals surface area contributed by atoms with E-state index >= 15 is 0 Å². The van der Waals surface area contributed by atoms with Gasteiger partial charge in [-0.3, -0.25) is 4.79 Å². The standard InChI is InChI=1S/C29H25ClF3NO4/c1-18-3-9-22(10-4-18)36-17-27-26(37-23-11-5-19(2)6-12-23)16-24(38-27)13-7-20-15-21(30)8-14-25(20)34-28(35)29(31,32)33/h3-6,8-12,14-15,24,26-27H,16-17H2,1-2H3,(H,34,35)/t24-,26-,27+/m0/s1. The molecule has 38 heavy (non-hydrogen) atoms. The van der Waals surface area contributed by atoms with E-state index in [4.69, 9.17) is 25.8 Å². The molecule has 1 N–H and O–H groups in total. The van der Waals surface area contributed by atoms with E-state index in [2.05, 4.69) is 11.8 Å². The molecule has 0 radical (unpaired) electrons. The van der Waals surface area contributed by atoms with E-state index in [1.165, 1.54) is 18.2 Å². The third-order valence-corrected chi connectivity index (χ3v) is 6.03. The molecule has 1 saturated heterocycles. The molecule has 5 nitrogen and oxygen atoms in total. The van der Waals surface area contributed by atoms with Gasteiger partial charge in [0.1, 0.15) is 36.4 Å². The predicted octanol–water partition coefficient (Wildman–Crippen LogP) is 6.49. The highest BCUT2D eigenvalue weighted by molar-refractivity contribution is 6.30. The molecule has 0 bridgehead atoms. The molecule has 1 amide bonds. The van der Waals surface area contributed by atoms with Crippen LogP contribution < -0.4 is 14.8 Å². The van der Waals surface area contributed by atoms with Crippen molar-refractivity contribution in [1.82, 2.24) is 0 Å². The Bertz CT molecular complexity index is 1330. The molecule has 0 aliphatic carbocycles. The summed E-state index contributed by atoms with van der Waals surface area (Å²) in [5, 5.41) is 2.10. The van der Waals surface area contributed by atoms with Gasteiger partial charge >= 0.3 is 12.1 Å². The summed E-state index contributed by atoms with van der Waals surface area (Å²) < 4.78 is 56.5. The maximum Gasteiger partial charge on any atom is 0.471 e. The van der Waals surface area contributed by atoms with Gasteiger partial charge in [0.15, 0.2) is 0 Å². The van der Waals surface area contributed by atoms with Crippen molar-refractivity contribution in [1.29, 1.82) is 0 Å². The van der Waals surface area contributed by atoms with Crippen molar-refractivity contribution >= 4 is 23.2 Å². The summed E-state index contributed by atoms with van der Waals surface area (Å²) in [6, 6.07) is 19.3. The number of aryl methyl sites for hydroxylation is 2. The molecule has 0 saturated carbocycles. The van der Waals surface area contributed by atoms with Gasteiger partial charge in [0.05, 0.1) is 5.69 Å². The van der Waals surface area contributed by atoms with Gasteiger partial charge in [-0.2, -0.15) is 13.2 Å². The van der Waals surface area contributed by atoms with Crippen LogP contribution in [0.25, 0.3) is 0 Å². The fraction of sp³-hybridized carbons (Fsp3) is 0.276. The van der Waals surface area contributed by atoms with Crippen LogP contribution in [0.2, 0.25) is 5.02 Å². The number of rotatable bonds is 6. The number of benzene rings is 3. The molecule has 3 atom stereocenters. The monoisotopic (exact) mass is 543 g/mol. The Hall–Kier alpha value is -3.67. The normalized spacial score (nSPS) is 18.8. The van der Waals surface area contributed by atoms with Gasteiger partial charge < -0.3 is 19.5 Å². The summed E-state index contributed by atoms with van der Waals surface area (Å²) >= 11 is 6.03. The summed E-state index contributed by atoms with van der Waals surface area (Å²) in [7, 11) is 0. The van der Waals surface area contributed by atoms with E-state index in [9.17, 15) is 18.0 Å². The van der Waals surface area contributed by atoms with E-state index in [1.54, 1.807) is 0 Å². The number of carbonyl (C=O) groups is 1. The fourth-order valence-electron chi connectivity index (χ4n) is 3.77. The van der Waals surface area contributed by atoms with Crippen LogP contribution in [0.4, 0.5) is 18.9 Å². The number of halogens is 4. The quantitative estimate of drug-likeness (QED) is 0.361. The van der Waals surface area contributed by atoms with Crippen LogP contribution in [0, 0.1) is 25.7 Å². The van der Waals surface area contributed by atoms with E-state index in [0.717, 1.165) is 11.1 Å². The third-order valence-electron chi connectivity index (χ3n) is 5.80. The minimum absolute atomic E-state index is 0.103. The highest BCUT2D eigenvalue weighted by Crippen LogP contribution is 2.28. The average molecular weight is 544 g/mol. The van der Waals surface area contributed by atoms with Crippen LogP contribution in [-0.4, -0.2) is 37.0 Å². The molecule has 9 heteroatoms. The molecule has 198 valence electrons. The Morgan fingerprint density at radius 2 is 1.66 bits per heavy atom. The molecule has 0 spiro atoms. The Kier molecular flexibility index (Phi) is 8.50. The summed E-state index contributed by atoms with van der Waals surface area (Å²) in [4.78, 5) is 11.4. The first-order valence-electron chi connectivity index (χ1n) is 11.8. The Morgan fingerprint density at radius 1 is 1.03 bits per heavy atom. The minimum Gasteiger partial charge on any atom is -0.491 e. The first kappa shape index (κ1) is 27.4. The number of hydrogen-bond donors (Lipinski definition) is 1. The first-order valence-corrected chi connectivity index (χ1v) is 12.2. The Labute approximate surface area is 223 Å². The third kappa shape index (κ3) is 7.44. The van der Waals surface area contributed by atoms with Crippen molar-refractivity contribution in [3.05, 3.63) is 88.4 Å². The van der Waals surface area contributed by atoms with Crippen molar-refractivity contribution in [2.45, 2.75) is 44.8 Å². The molecule has 1 aliphatic rings. The Balaban J connectivity index is 1.52. The van der Waals surface area contributed by atoms with Crippen molar-refractivity contribution in [3.8, 4) is 23.3 Å². The molecule has 3 aromatic rings. The second-order valence-electron chi connectivity index (χ2n) is 8.90. The van der Waals surface area contributed by atoms with Gasteiger partial charge in [-0.05, 0) is 56.3 Å². The van der Waals surface area contributed by atoms with Gasteiger partial charge in [-0.15, -0.1) is 0 Å². The van der Waals surface area contributed by atoms with Gasteiger partial charge in [-0.1, -0.05) is 58.8 Å². The second kappa shape index (κ2) is 11.8. The van der Waals surface area contributed by atoms with Gasteiger partial charge in [0.25, 0.3) is 0 Å². The number of nitrogens with one attached hydrogen (secondary N) is 1. The molecule has 0 aromatic heterocycles. The average Bonchev–Trinajstić information content (AvgIpc) is 3.26. The number of carbonyl (C=O) groups excluding carboxylic acids is 1. The summed E-state index contributed by atoms with van der Waals surface area (Å²) in [6.45, 7) is 4.17. The minimum atomic E-state index is -5.04. The van der Waals surface area contributed by atoms with Gasteiger partial charge in [0, 0.05) is 17.0 Å². The molecule has 3 aromatic carbocycles. The number of alkyl halides is 3. The molecule has 4 rings (SSSR count). The lowest BCUT2D eigenvalue weighted by Crippen LogP contribution is -2.32. The number of hydrogen-bond acceptors (Lipinski definition) is 4. The highest BCUT2D eigenvalue weighted by atomic mass is 35.5. The van der Waals surface area contributed by atoms with Crippen LogP contribution in [0.3, 0.4) is 0 Å². The van der Waals surface area contributed by atoms with Gasteiger partial charge in [-0.25, -0.2) is 0 Å². The molecule has 1 aliphatic heterocycles. The van der Waals surface area contributed by atoms with Crippen molar-refractivity contribution in [2.75, 3.05) is 11.9 Å². The van der Waals surface area contributed by atoms with Crippen molar-refractivity contribution in [2.24, 2.45) is 0 Å². The molecule has 0 unspecified atom stereocenters.